The molecule has 90 valence electrons. The van der Waals surface area contributed by atoms with E-state index in [9.17, 15) is 0 Å². The average Bonchev–Trinajstić information content (AvgIpc) is 2.89. The van der Waals surface area contributed by atoms with Crippen LogP contribution in [-0.2, 0) is 6.42 Å². The summed E-state index contributed by atoms with van der Waals surface area (Å²) < 4.78 is 0. The molecule has 1 atom stereocenters. The summed E-state index contributed by atoms with van der Waals surface area (Å²) in [4.78, 5) is 0. The second-order valence-corrected chi connectivity index (χ2v) is 6.09. The third kappa shape index (κ3) is 2.67. The van der Waals surface area contributed by atoms with Gasteiger partial charge in [-0.3, -0.25) is 0 Å². The van der Waals surface area contributed by atoms with Gasteiger partial charge in [0.25, 0.3) is 0 Å². The lowest BCUT2D eigenvalue weighted by Gasteiger charge is -2.34. The Labute approximate surface area is 103 Å². The predicted molar refractivity (Wildman–Crippen MR) is 72.1 cm³/mol. The highest BCUT2D eigenvalue weighted by atomic mass is 32.1. The van der Waals surface area contributed by atoms with Gasteiger partial charge in [0.1, 0.15) is 0 Å². The molecule has 1 aliphatic rings. The van der Waals surface area contributed by atoms with E-state index in [0.717, 1.165) is 6.54 Å². The van der Waals surface area contributed by atoms with Crippen LogP contribution in [0, 0.1) is 5.41 Å². The molecule has 0 amide bonds. The van der Waals surface area contributed by atoms with Gasteiger partial charge in [-0.05, 0) is 53.6 Å². The number of hydrogen-bond donors (Lipinski definition) is 1. The van der Waals surface area contributed by atoms with Crippen molar-refractivity contribution >= 4 is 11.3 Å². The molecule has 0 aliphatic heterocycles. The molecular weight excluding hydrogens is 214 g/mol. The highest BCUT2D eigenvalue weighted by Gasteiger charge is 2.36. The number of likely N-dealkylation sites (N-methyl/N-ethyl adjacent to an activating group) is 1. The number of rotatable bonds is 5. The van der Waals surface area contributed by atoms with Crippen LogP contribution in [0.4, 0.5) is 0 Å². The number of thiophene rings is 1. The van der Waals surface area contributed by atoms with Gasteiger partial charge >= 0.3 is 0 Å². The maximum Gasteiger partial charge on any atom is 0.0161 e. The Hall–Kier alpha value is -0.340. The fourth-order valence-electron chi connectivity index (χ4n) is 2.99. The molecule has 0 bridgehead atoms. The molecule has 1 N–H and O–H groups in total. The van der Waals surface area contributed by atoms with Gasteiger partial charge < -0.3 is 5.32 Å². The van der Waals surface area contributed by atoms with E-state index in [-0.39, 0.29) is 0 Å². The molecule has 2 rings (SSSR count). The lowest BCUT2D eigenvalue weighted by molar-refractivity contribution is 0.222. The maximum absolute atomic E-state index is 3.71. The molecule has 1 aromatic rings. The lowest BCUT2D eigenvalue weighted by Crippen LogP contribution is -2.43. The fraction of sp³-hybridized carbons (Fsp3) is 0.714. The Balaban J connectivity index is 2.04. The lowest BCUT2D eigenvalue weighted by atomic mass is 9.78. The topological polar surface area (TPSA) is 12.0 Å². The maximum atomic E-state index is 3.71. The minimum absolute atomic E-state index is 0.526. The van der Waals surface area contributed by atoms with E-state index < -0.39 is 0 Å². The largest absolute Gasteiger partial charge is 0.313 e. The van der Waals surface area contributed by atoms with Crippen LogP contribution in [0.25, 0.3) is 0 Å². The molecule has 1 fully saturated rings. The minimum atomic E-state index is 0.526. The number of hydrogen-bond acceptors (Lipinski definition) is 2. The molecule has 0 aromatic carbocycles. The second kappa shape index (κ2) is 5.33. The van der Waals surface area contributed by atoms with Gasteiger partial charge in [-0.25, -0.2) is 0 Å². The smallest absolute Gasteiger partial charge is 0.0161 e. The van der Waals surface area contributed by atoms with Crippen molar-refractivity contribution in [3.05, 3.63) is 22.4 Å². The molecular formula is C14H23NS. The molecule has 2 heteroatoms. The SMILES string of the molecule is CCNC(Cc1ccsc1)C1(C)CCCC1. The van der Waals surface area contributed by atoms with E-state index in [4.69, 9.17) is 0 Å². The quantitative estimate of drug-likeness (QED) is 0.820. The first kappa shape index (κ1) is 12.1. The molecule has 1 heterocycles. The molecule has 0 saturated heterocycles. The van der Waals surface area contributed by atoms with E-state index >= 15 is 0 Å². The van der Waals surface area contributed by atoms with Crippen LogP contribution in [0.2, 0.25) is 0 Å². The summed E-state index contributed by atoms with van der Waals surface area (Å²) in [6.07, 6.45) is 6.83. The van der Waals surface area contributed by atoms with Crippen LogP contribution in [-0.4, -0.2) is 12.6 Å². The van der Waals surface area contributed by atoms with Crippen LogP contribution < -0.4 is 5.32 Å². The molecule has 1 unspecified atom stereocenters. The van der Waals surface area contributed by atoms with Crippen LogP contribution >= 0.6 is 11.3 Å². The van der Waals surface area contributed by atoms with Gasteiger partial charge in [0.05, 0.1) is 0 Å². The summed E-state index contributed by atoms with van der Waals surface area (Å²) in [6, 6.07) is 2.93. The molecule has 0 radical (unpaired) electrons. The highest BCUT2D eigenvalue weighted by molar-refractivity contribution is 7.07. The van der Waals surface area contributed by atoms with Crippen molar-refractivity contribution in [3.63, 3.8) is 0 Å². The Kier molecular flexibility index (Phi) is 4.04. The minimum Gasteiger partial charge on any atom is -0.313 e. The molecule has 0 spiro atoms. The van der Waals surface area contributed by atoms with Gasteiger partial charge in [-0.1, -0.05) is 26.7 Å². The molecule has 1 nitrogen and oxygen atoms in total. The zero-order valence-electron chi connectivity index (χ0n) is 10.5. The zero-order chi connectivity index (χ0) is 11.4. The third-order valence-electron chi connectivity index (χ3n) is 4.06. The predicted octanol–water partition coefficient (Wildman–Crippen LogP) is 3.85. The Bertz CT molecular complexity index is 299. The van der Waals surface area contributed by atoms with Gasteiger partial charge in [0.15, 0.2) is 0 Å². The van der Waals surface area contributed by atoms with Gasteiger partial charge in [0, 0.05) is 6.04 Å². The Morgan fingerprint density at radius 3 is 2.75 bits per heavy atom. The van der Waals surface area contributed by atoms with Crippen LogP contribution in [0.5, 0.6) is 0 Å². The summed E-state index contributed by atoms with van der Waals surface area (Å²) in [5.74, 6) is 0. The summed E-state index contributed by atoms with van der Waals surface area (Å²) in [5.41, 5.74) is 2.03. The normalized spacial score (nSPS) is 21.1. The summed E-state index contributed by atoms with van der Waals surface area (Å²) in [5, 5.41) is 8.19. The summed E-state index contributed by atoms with van der Waals surface area (Å²) >= 11 is 1.81. The summed E-state index contributed by atoms with van der Waals surface area (Å²) in [7, 11) is 0. The van der Waals surface area contributed by atoms with Crippen LogP contribution in [0.3, 0.4) is 0 Å². The second-order valence-electron chi connectivity index (χ2n) is 5.31. The standard InChI is InChI=1S/C14H23NS/c1-3-15-13(10-12-6-9-16-11-12)14(2)7-4-5-8-14/h6,9,11,13,15H,3-5,7-8,10H2,1-2H3. The Morgan fingerprint density at radius 2 is 2.19 bits per heavy atom. The van der Waals surface area contributed by atoms with E-state index in [2.05, 4.69) is 36.0 Å². The van der Waals surface area contributed by atoms with Gasteiger partial charge in [-0.2, -0.15) is 11.3 Å². The first-order chi connectivity index (χ1) is 7.74. The highest BCUT2D eigenvalue weighted by Crippen LogP contribution is 2.41. The van der Waals surface area contributed by atoms with E-state index in [1.165, 1.54) is 37.7 Å². The molecule has 1 aromatic heterocycles. The van der Waals surface area contributed by atoms with Crippen LogP contribution in [0.1, 0.15) is 45.1 Å². The van der Waals surface area contributed by atoms with E-state index in [0.29, 0.717) is 11.5 Å². The third-order valence-corrected chi connectivity index (χ3v) is 4.79. The Morgan fingerprint density at radius 1 is 1.44 bits per heavy atom. The molecule has 16 heavy (non-hydrogen) atoms. The van der Waals surface area contributed by atoms with Crippen LogP contribution in [0.15, 0.2) is 16.8 Å². The van der Waals surface area contributed by atoms with E-state index in [1.807, 2.05) is 11.3 Å². The van der Waals surface area contributed by atoms with Crippen molar-refractivity contribution in [2.24, 2.45) is 5.41 Å². The first-order valence-corrected chi connectivity index (χ1v) is 7.43. The van der Waals surface area contributed by atoms with Crippen molar-refractivity contribution in [1.29, 1.82) is 0 Å². The first-order valence-electron chi connectivity index (χ1n) is 6.49. The molecule has 1 aliphatic carbocycles. The zero-order valence-corrected chi connectivity index (χ0v) is 11.3. The van der Waals surface area contributed by atoms with Crippen molar-refractivity contribution in [1.82, 2.24) is 5.32 Å². The van der Waals surface area contributed by atoms with E-state index in [1.54, 1.807) is 0 Å². The van der Waals surface area contributed by atoms with Crippen molar-refractivity contribution in [2.45, 2.75) is 52.0 Å². The molecule has 1 saturated carbocycles. The number of nitrogens with one attached hydrogen (secondary N) is 1. The van der Waals surface area contributed by atoms with Gasteiger partial charge in [0.2, 0.25) is 0 Å². The average molecular weight is 237 g/mol. The summed E-state index contributed by atoms with van der Waals surface area (Å²) in [6.45, 7) is 5.78. The fourth-order valence-corrected chi connectivity index (χ4v) is 3.67. The van der Waals surface area contributed by atoms with Crippen molar-refractivity contribution in [3.8, 4) is 0 Å². The monoisotopic (exact) mass is 237 g/mol. The van der Waals surface area contributed by atoms with Gasteiger partial charge in [-0.15, -0.1) is 0 Å². The van der Waals surface area contributed by atoms with Crippen molar-refractivity contribution < 1.29 is 0 Å². The van der Waals surface area contributed by atoms with Crippen molar-refractivity contribution in [2.75, 3.05) is 6.54 Å².